The first-order chi connectivity index (χ1) is 17.1. The number of nitrogens with zero attached hydrogens (tertiary/aromatic N) is 4. The van der Waals surface area contributed by atoms with Gasteiger partial charge in [-0.25, -0.2) is 19.1 Å². The summed E-state index contributed by atoms with van der Waals surface area (Å²) in [6.07, 6.45) is 1.52. The minimum atomic E-state index is -0.782. The molecule has 0 unspecified atom stereocenters. The Morgan fingerprint density at radius 3 is 2.03 bits per heavy atom. The van der Waals surface area contributed by atoms with Crippen LogP contribution in [-0.4, -0.2) is 36.2 Å². The van der Waals surface area contributed by atoms with Gasteiger partial charge in [-0.3, -0.25) is 19.5 Å². The van der Waals surface area contributed by atoms with Crippen molar-refractivity contribution in [3.63, 3.8) is 0 Å². The predicted octanol–water partition coefficient (Wildman–Crippen LogP) is 2.08. The standard InChI is InChI=1S/C26H28N6O4/c1-26(2,3)29-24(35)28-20(33)16-32-23(34)21-22(27-17-30(21)14-18-10-6-4-7-11-18)31(25(32)36)15-19-12-8-5-9-13-19/h4-13,17H,14-16H2,1-3H3,(H2,28,29,33,35). The minimum absolute atomic E-state index is 0.158. The highest BCUT2D eigenvalue weighted by Crippen LogP contribution is 2.12. The molecule has 36 heavy (non-hydrogen) atoms. The van der Waals surface area contributed by atoms with Gasteiger partial charge in [0.2, 0.25) is 5.91 Å². The molecule has 0 aliphatic rings. The van der Waals surface area contributed by atoms with Crippen LogP contribution in [0.25, 0.3) is 11.2 Å². The second-order valence-electron chi connectivity index (χ2n) is 9.53. The number of hydrogen-bond acceptors (Lipinski definition) is 5. The zero-order valence-corrected chi connectivity index (χ0v) is 20.4. The number of imidazole rings is 1. The largest absolute Gasteiger partial charge is 0.333 e. The molecule has 10 heteroatoms. The van der Waals surface area contributed by atoms with E-state index in [1.165, 1.54) is 10.9 Å². The van der Waals surface area contributed by atoms with E-state index >= 15 is 0 Å². The normalized spacial score (nSPS) is 11.4. The lowest BCUT2D eigenvalue weighted by Crippen LogP contribution is -2.50. The molecular weight excluding hydrogens is 460 g/mol. The van der Waals surface area contributed by atoms with E-state index in [1.807, 2.05) is 60.7 Å². The number of aromatic nitrogens is 4. The molecule has 186 valence electrons. The highest BCUT2D eigenvalue weighted by molar-refractivity contribution is 5.94. The van der Waals surface area contributed by atoms with Crippen molar-refractivity contribution >= 4 is 23.1 Å². The maximum atomic E-state index is 13.5. The molecule has 0 fully saturated rings. The summed E-state index contributed by atoms with van der Waals surface area (Å²) in [6, 6.07) is 18.1. The Balaban J connectivity index is 1.77. The minimum Gasteiger partial charge on any atom is -0.333 e. The number of rotatable bonds is 6. The van der Waals surface area contributed by atoms with Crippen LogP contribution in [0, 0.1) is 0 Å². The van der Waals surface area contributed by atoms with Crippen LogP contribution in [0.1, 0.15) is 31.9 Å². The molecule has 4 rings (SSSR count). The number of carbonyl (C=O) groups excluding carboxylic acids is 2. The smallest absolute Gasteiger partial charge is 0.333 e. The second kappa shape index (κ2) is 10.0. The lowest BCUT2D eigenvalue weighted by atomic mass is 10.1. The van der Waals surface area contributed by atoms with Crippen molar-refractivity contribution in [2.24, 2.45) is 0 Å². The number of hydrogen-bond donors (Lipinski definition) is 2. The zero-order chi connectivity index (χ0) is 25.9. The van der Waals surface area contributed by atoms with Crippen molar-refractivity contribution in [1.82, 2.24) is 29.3 Å². The van der Waals surface area contributed by atoms with Gasteiger partial charge in [-0.05, 0) is 31.9 Å². The number of fused-ring (bicyclic) bond motifs is 1. The molecule has 2 aromatic heterocycles. The predicted molar refractivity (Wildman–Crippen MR) is 136 cm³/mol. The quantitative estimate of drug-likeness (QED) is 0.431. The fourth-order valence-corrected chi connectivity index (χ4v) is 3.87. The van der Waals surface area contributed by atoms with Crippen LogP contribution >= 0.6 is 0 Å². The lowest BCUT2D eigenvalue weighted by Gasteiger charge is -2.20. The monoisotopic (exact) mass is 488 g/mol. The van der Waals surface area contributed by atoms with Gasteiger partial charge in [-0.2, -0.15) is 0 Å². The van der Waals surface area contributed by atoms with Gasteiger partial charge in [-0.1, -0.05) is 60.7 Å². The molecule has 0 spiro atoms. The van der Waals surface area contributed by atoms with E-state index in [-0.39, 0.29) is 17.7 Å². The van der Waals surface area contributed by atoms with Crippen molar-refractivity contribution in [3.8, 4) is 0 Å². The maximum absolute atomic E-state index is 13.5. The van der Waals surface area contributed by atoms with E-state index < -0.39 is 35.3 Å². The summed E-state index contributed by atoms with van der Waals surface area (Å²) in [6.45, 7) is 5.21. The number of amides is 3. The average Bonchev–Trinajstić information content (AvgIpc) is 3.23. The van der Waals surface area contributed by atoms with Crippen LogP contribution in [0.15, 0.2) is 76.6 Å². The SMILES string of the molecule is CC(C)(C)NC(=O)NC(=O)Cn1c(=O)c2c(ncn2Cc2ccccc2)n(Cc2ccccc2)c1=O. The molecular formula is C26H28N6O4. The van der Waals surface area contributed by atoms with Gasteiger partial charge < -0.3 is 9.88 Å². The molecule has 2 N–H and O–H groups in total. The van der Waals surface area contributed by atoms with Crippen molar-refractivity contribution in [2.45, 2.75) is 45.9 Å². The zero-order valence-electron chi connectivity index (χ0n) is 20.4. The summed E-state index contributed by atoms with van der Waals surface area (Å²) in [4.78, 5) is 56.1. The van der Waals surface area contributed by atoms with E-state index in [1.54, 1.807) is 25.3 Å². The molecule has 3 amide bonds. The molecule has 0 radical (unpaired) electrons. The van der Waals surface area contributed by atoms with Crippen LogP contribution < -0.4 is 21.9 Å². The summed E-state index contributed by atoms with van der Waals surface area (Å²) in [5.41, 5.74) is 0.296. The molecule has 0 saturated carbocycles. The molecule has 0 aliphatic heterocycles. The molecule has 0 saturated heterocycles. The van der Waals surface area contributed by atoms with Gasteiger partial charge in [0.15, 0.2) is 11.2 Å². The van der Waals surface area contributed by atoms with Crippen LogP contribution in [0.5, 0.6) is 0 Å². The van der Waals surface area contributed by atoms with Crippen molar-refractivity contribution in [2.75, 3.05) is 0 Å². The fourth-order valence-electron chi connectivity index (χ4n) is 3.87. The molecule has 2 heterocycles. The summed E-state index contributed by atoms with van der Waals surface area (Å²) < 4.78 is 3.87. The topological polar surface area (TPSA) is 120 Å². The molecule has 10 nitrogen and oxygen atoms in total. The van der Waals surface area contributed by atoms with Crippen molar-refractivity contribution in [1.29, 1.82) is 0 Å². The van der Waals surface area contributed by atoms with Gasteiger partial charge in [0.25, 0.3) is 5.56 Å². The molecule has 0 atom stereocenters. The highest BCUT2D eigenvalue weighted by Gasteiger charge is 2.22. The number of benzene rings is 2. The van der Waals surface area contributed by atoms with E-state index in [2.05, 4.69) is 15.6 Å². The van der Waals surface area contributed by atoms with E-state index in [4.69, 9.17) is 0 Å². The number of nitrogens with one attached hydrogen (secondary N) is 2. The molecule has 0 bridgehead atoms. The number of carbonyl (C=O) groups is 2. The first-order valence-electron chi connectivity index (χ1n) is 11.5. The summed E-state index contributed by atoms with van der Waals surface area (Å²) >= 11 is 0. The summed E-state index contributed by atoms with van der Waals surface area (Å²) in [7, 11) is 0. The first kappa shape index (κ1) is 24.6. The third kappa shape index (κ3) is 5.60. The maximum Gasteiger partial charge on any atom is 0.333 e. The van der Waals surface area contributed by atoms with Crippen molar-refractivity contribution < 1.29 is 9.59 Å². The molecule has 4 aromatic rings. The van der Waals surface area contributed by atoms with Gasteiger partial charge in [0.05, 0.1) is 12.9 Å². The average molecular weight is 489 g/mol. The van der Waals surface area contributed by atoms with Crippen LogP contribution in [0.2, 0.25) is 0 Å². The van der Waals surface area contributed by atoms with Gasteiger partial charge in [-0.15, -0.1) is 0 Å². The third-order valence-electron chi connectivity index (χ3n) is 5.41. The Morgan fingerprint density at radius 2 is 1.44 bits per heavy atom. The van der Waals surface area contributed by atoms with Gasteiger partial charge >= 0.3 is 11.7 Å². The number of urea groups is 1. The Bertz CT molecular complexity index is 1510. The Hall–Kier alpha value is -4.47. The second-order valence-corrected chi connectivity index (χ2v) is 9.53. The van der Waals surface area contributed by atoms with Crippen molar-refractivity contribution in [3.05, 3.63) is 99.0 Å². The third-order valence-corrected chi connectivity index (χ3v) is 5.41. The van der Waals surface area contributed by atoms with Gasteiger partial charge in [0, 0.05) is 12.1 Å². The van der Waals surface area contributed by atoms with E-state index in [0.717, 1.165) is 15.7 Å². The van der Waals surface area contributed by atoms with E-state index in [9.17, 15) is 19.2 Å². The molecule has 2 aromatic carbocycles. The highest BCUT2D eigenvalue weighted by atomic mass is 16.2. The van der Waals surface area contributed by atoms with E-state index in [0.29, 0.717) is 6.54 Å². The Labute approximate surface area is 207 Å². The Kier molecular flexibility index (Phi) is 6.86. The first-order valence-corrected chi connectivity index (χ1v) is 11.5. The fraction of sp³-hybridized carbons (Fsp3) is 0.269. The lowest BCUT2D eigenvalue weighted by molar-refractivity contribution is -0.120. The van der Waals surface area contributed by atoms with Crippen LogP contribution in [0.4, 0.5) is 4.79 Å². The Morgan fingerprint density at radius 1 is 0.861 bits per heavy atom. The number of imide groups is 1. The summed E-state index contributed by atoms with van der Waals surface area (Å²) in [5.74, 6) is -0.782. The van der Waals surface area contributed by atoms with Gasteiger partial charge in [0.1, 0.15) is 6.54 Å². The van der Waals surface area contributed by atoms with Crippen LogP contribution in [0.3, 0.4) is 0 Å². The summed E-state index contributed by atoms with van der Waals surface area (Å²) in [5, 5.41) is 4.80. The van der Waals surface area contributed by atoms with Crippen LogP contribution in [-0.2, 0) is 24.4 Å². The molecule has 0 aliphatic carbocycles.